The molecule has 0 saturated heterocycles. The third kappa shape index (κ3) is 5.18. The SMILES string of the molecule is CC(C)NC(=O)c1ccc(N)c(OCCN(C)C)c1. The van der Waals surface area contributed by atoms with E-state index >= 15 is 0 Å². The second kappa shape index (κ2) is 6.99. The van der Waals surface area contributed by atoms with Crippen LogP contribution in [0.3, 0.4) is 0 Å². The summed E-state index contributed by atoms with van der Waals surface area (Å²) in [5.74, 6) is 0.436. The first-order valence-electron chi connectivity index (χ1n) is 6.38. The Kier molecular flexibility index (Phi) is 5.63. The molecule has 0 bridgehead atoms. The van der Waals surface area contributed by atoms with Crippen LogP contribution in [0.5, 0.6) is 5.75 Å². The van der Waals surface area contributed by atoms with Crippen LogP contribution >= 0.6 is 0 Å². The van der Waals surface area contributed by atoms with Crippen molar-refractivity contribution in [3.63, 3.8) is 0 Å². The smallest absolute Gasteiger partial charge is 0.251 e. The molecule has 19 heavy (non-hydrogen) atoms. The number of nitrogens with two attached hydrogens (primary N) is 1. The van der Waals surface area contributed by atoms with Gasteiger partial charge in [-0.2, -0.15) is 0 Å². The summed E-state index contributed by atoms with van der Waals surface area (Å²) in [5.41, 5.74) is 6.94. The van der Waals surface area contributed by atoms with E-state index in [1.807, 2.05) is 32.8 Å². The Balaban J connectivity index is 2.73. The maximum absolute atomic E-state index is 11.9. The van der Waals surface area contributed by atoms with E-state index in [-0.39, 0.29) is 11.9 Å². The van der Waals surface area contributed by atoms with Crippen molar-refractivity contribution in [3.8, 4) is 5.75 Å². The Morgan fingerprint density at radius 2 is 2.11 bits per heavy atom. The minimum absolute atomic E-state index is 0.100. The topological polar surface area (TPSA) is 67.6 Å². The van der Waals surface area contributed by atoms with Crippen molar-refractivity contribution in [2.24, 2.45) is 0 Å². The van der Waals surface area contributed by atoms with Crippen molar-refractivity contribution < 1.29 is 9.53 Å². The summed E-state index contributed by atoms with van der Waals surface area (Å²) in [6.45, 7) is 5.17. The Morgan fingerprint density at radius 1 is 1.42 bits per heavy atom. The summed E-state index contributed by atoms with van der Waals surface area (Å²) >= 11 is 0. The zero-order valence-corrected chi connectivity index (χ0v) is 12.1. The first-order valence-corrected chi connectivity index (χ1v) is 6.38. The average molecular weight is 265 g/mol. The number of likely N-dealkylation sites (N-methyl/N-ethyl adjacent to an activating group) is 1. The molecule has 0 aliphatic heterocycles. The average Bonchev–Trinajstić information content (AvgIpc) is 2.30. The van der Waals surface area contributed by atoms with Crippen LogP contribution in [-0.2, 0) is 0 Å². The van der Waals surface area contributed by atoms with Crippen molar-refractivity contribution in [2.45, 2.75) is 19.9 Å². The van der Waals surface area contributed by atoms with Gasteiger partial charge in [0.1, 0.15) is 12.4 Å². The zero-order valence-electron chi connectivity index (χ0n) is 12.1. The van der Waals surface area contributed by atoms with Gasteiger partial charge in [0.2, 0.25) is 0 Å². The van der Waals surface area contributed by atoms with Crippen LogP contribution in [0.25, 0.3) is 0 Å². The molecule has 0 aliphatic carbocycles. The van der Waals surface area contributed by atoms with Crippen molar-refractivity contribution in [1.29, 1.82) is 0 Å². The third-order valence-corrected chi connectivity index (χ3v) is 2.49. The van der Waals surface area contributed by atoms with Crippen molar-refractivity contribution in [3.05, 3.63) is 23.8 Å². The molecular weight excluding hydrogens is 242 g/mol. The number of carbonyl (C=O) groups is 1. The molecule has 1 aromatic rings. The summed E-state index contributed by atoms with van der Waals surface area (Å²) in [6.07, 6.45) is 0. The fourth-order valence-electron chi connectivity index (χ4n) is 1.48. The van der Waals surface area contributed by atoms with Crippen molar-refractivity contribution in [2.75, 3.05) is 33.0 Å². The van der Waals surface area contributed by atoms with Gasteiger partial charge in [0, 0.05) is 18.2 Å². The summed E-state index contributed by atoms with van der Waals surface area (Å²) in [6, 6.07) is 5.18. The normalized spacial score (nSPS) is 10.8. The molecular formula is C14H23N3O2. The van der Waals surface area contributed by atoms with Gasteiger partial charge in [-0.25, -0.2) is 0 Å². The fourth-order valence-corrected chi connectivity index (χ4v) is 1.48. The molecule has 0 unspecified atom stereocenters. The molecule has 0 radical (unpaired) electrons. The highest BCUT2D eigenvalue weighted by atomic mass is 16.5. The number of rotatable bonds is 6. The first kappa shape index (κ1) is 15.3. The van der Waals surface area contributed by atoms with Crippen LogP contribution in [0.1, 0.15) is 24.2 Å². The number of nitrogens with zero attached hydrogens (tertiary/aromatic N) is 1. The van der Waals surface area contributed by atoms with E-state index in [9.17, 15) is 4.79 Å². The lowest BCUT2D eigenvalue weighted by molar-refractivity contribution is 0.0942. The number of hydrogen-bond acceptors (Lipinski definition) is 4. The van der Waals surface area contributed by atoms with Crippen LogP contribution in [0.4, 0.5) is 5.69 Å². The summed E-state index contributed by atoms with van der Waals surface area (Å²) < 4.78 is 5.60. The minimum atomic E-state index is -0.118. The van der Waals surface area contributed by atoms with E-state index in [4.69, 9.17) is 10.5 Å². The predicted octanol–water partition coefficient (Wildman–Crippen LogP) is 1.35. The monoisotopic (exact) mass is 265 g/mol. The van der Waals surface area contributed by atoms with Gasteiger partial charge in [-0.1, -0.05) is 0 Å². The molecule has 106 valence electrons. The zero-order chi connectivity index (χ0) is 14.4. The van der Waals surface area contributed by atoms with Gasteiger partial charge in [0.05, 0.1) is 5.69 Å². The summed E-state index contributed by atoms with van der Waals surface area (Å²) in [4.78, 5) is 13.9. The standard InChI is InChI=1S/C14H23N3O2/c1-10(2)16-14(18)11-5-6-12(15)13(9-11)19-8-7-17(3)4/h5-6,9-10H,7-8,15H2,1-4H3,(H,16,18). The van der Waals surface area contributed by atoms with Gasteiger partial charge in [-0.3, -0.25) is 4.79 Å². The minimum Gasteiger partial charge on any atom is -0.490 e. The van der Waals surface area contributed by atoms with E-state index in [0.29, 0.717) is 23.6 Å². The molecule has 0 spiro atoms. The van der Waals surface area contributed by atoms with Gasteiger partial charge < -0.3 is 20.7 Å². The molecule has 0 fully saturated rings. The van der Waals surface area contributed by atoms with Gasteiger partial charge in [0.25, 0.3) is 5.91 Å². The Morgan fingerprint density at radius 3 is 2.68 bits per heavy atom. The van der Waals surface area contributed by atoms with Gasteiger partial charge in [0.15, 0.2) is 0 Å². The van der Waals surface area contributed by atoms with Crippen LogP contribution < -0.4 is 15.8 Å². The number of carbonyl (C=O) groups excluding carboxylic acids is 1. The maximum Gasteiger partial charge on any atom is 0.251 e. The Bertz CT molecular complexity index is 431. The van der Waals surface area contributed by atoms with E-state index < -0.39 is 0 Å². The first-order chi connectivity index (χ1) is 8.90. The van der Waals surface area contributed by atoms with Gasteiger partial charge >= 0.3 is 0 Å². The Hall–Kier alpha value is -1.75. The predicted molar refractivity (Wildman–Crippen MR) is 77.5 cm³/mol. The summed E-state index contributed by atoms with van der Waals surface area (Å²) in [7, 11) is 3.94. The highest BCUT2D eigenvalue weighted by molar-refractivity contribution is 5.95. The molecule has 5 nitrogen and oxygen atoms in total. The van der Waals surface area contributed by atoms with E-state index in [2.05, 4.69) is 5.32 Å². The number of ether oxygens (including phenoxy) is 1. The lowest BCUT2D eigenvalue weighted by atomic mass is 10.1. The second-order valence-electron chi connectivity index (χ2n) is 5.03. The van der Waals surface area contributed by atoms with Crippen LogP contribution in [0.2, 0.25) is 0 Å². The molecule has 1 aromatic carbocycles. The molecule has 0 heterocycles. The third-order valence-electron chi connectivity index (χ3n) is 2.49. The second-order valence-corrected chi connectivity index (χ2v) is 5.03. The lowest BCUT2D eigenvalue weighted by Crippen LogP contribution is -2.30. The van der Waals surface area contributed by atoms with Crippen LogP contribution in [0.15, 0.2) is 18.2 Å². The van der Waals surface area contributed by atoms with Gasteiger partial charge in [-0.15, -0.1) is 0 Å². The van der Waals surface area contributed by atoms with Crippen LogP contribution in [-0.4, -0.2) is 44.1 Å². The van der Waals surface area contributed by atoms with Crippen molar-refractivity contribution >= 4 is 11.6 Å². The molecule has 1 rings (SSSR count). The molecule has 0 aromatic heterocycles. The summed E-state index contributed by atoms with van der Waals surface area (Å²) in [5, 5.41) is 2.84. The Labute approximate surface area is 114 Å². The molecule has 1 amide bonds. The van der Waals surface area contributed by atoms with Crippen LogP contribution in [0, 0.1) is 0 Å². The molecule has 0 atom stereocenters. The number of nitrogen functional groups attached to an aromatic ring is 1. The highest BCUT2D eigenvalue weighted by Crippen LogP contribution is 2.22. The quantitative estimate of drug-likeness (QED) is 0.762. The molecule has 0 saturated carbocycles. The number of nitrogens with one attached hydrogen (secondary N) is 1. The van der Waals surface area contributed by atoms with Crippen molar-refractivity contribution in [1.82, 2.24) is 10.2 Å². The molecule has 0 aliphatic rings. The maximum atomic E-state index is 11.9. The number of hydrogen-bond donors (Lipinski definition) is 2. The lowest BCUT2D eigenvalue weighted by Gasteiger charge is -2.14. The van der Waals surface area contributed by atoms with E-state index in [1.165, 1.54) is 0 Å². The number of anilines is 1. The largest absolute Gasteiger partial charge is 0.490 e. The van der Waals surface area contributed by atoms with E-state index in [1.54, 1.807) is 18.2 Å². The van der Waals surface area contributed by atoms with E-state index in [0.717, 1.165) is 6.54 Å². The highest BCUT2D eigenvalue weighted by Gasteiger charge is 2.10. The number of benzene rings is 1. The molecule has 5 heteroatoms. The number of amides is 1. The molecule has 3 N–H and O–H groups in total. The fraction of sp³-hybridized carbons (Fsp3) is 0.500. The van der Waals surface area contributed by atoms with Gasteiger partial charge in [-0.05, 0) is 46.1 Å².